The molecular weight excluding hydrogens is 343 g/mol. The Morgan fingerprint density at radius 2 is 1.62 bits per heavy atom. The van der Waals surface area contributed by atoms with Gasteiger partial charge in [0, 0.05) is 6.20 Å². The van der Waals surface area contributed by atoms with E-state index >= 15 is 0 Å². The fourth-order valence-corrected chi connectivity index (χ4v) is 2.20. The number of para-hydroxylation sites is 1. The van der Waals surface area contributed by atoms with Gasteiger partial charge in [0.2, 0.25) is 5.88 Å². The Morgan fingerprint density at radius 3 is 2.25 bits per heavy atom. The number of pyridine rings is 1. The zero-order valence-electron chi connectivity index (χ0n) is 12.0. The summed E-state index contributed by atoms with van der Waals surface area (Å²) in [6, 6.07) is 12.9. The molecule has 122 valence electrons. The molecule has 0 amide bonds. The first kappa shape index (κ1) is 16.2. The van der Waals surface area contributed by atoms with Crippen molar-refractivity contribution in [2.75, 3.05) is 0 Å². The predicted molar refractivity (Wildman–Crippen MR) is 81.8 cm³/mol. The maximum absolute atomic E-state index is 13.3. The molecule has 3 aromatic rings. The van der Waals surface area contributed by atoms with Crippen LogP contribution in [0.25, 0.3) is 11.5 Å². The van der Waals surface area contributed by atoms with E-state index in [0.29, 0.717) is 0 Å². The first-order valence-corrected chi connectivity index (χ1v) is 7.12. The Labute approximate surface area is 139 Å². The van der Waals surface area contributed by atoms with Crippen molar-refractivity contribution in [1.82, 2.24) is 15.0 Å². The van der Waals surface area contributed by atoms with Crippen LogP contribution in [0.1, 0.15) is 5.56 Å². The molecule has 0 unspecified atom stereocenters. The molecule has 24 heavy (non-hydrogen) atoms. The van der Waals surface area contributed by atoms with E-state index in [-0.39, 0.29) is 17.3 Å². The number of benzene rings is 1. The summed E-state index contributed by atoms with van der Waals surface area (Å²) >= 11 is 5.76. The van der Waals surface area contributed by atoms with Crippen LogP contribution in [-0.2, 0) is 6.18 Å². The van der Waals surface area contributed by atoms with Gasteiger partial charge in [-0.3, -0.25) is 4.98 Å². The van der Waals surface area contributed by atoms with Crippen LogP contribution in [0.15, 0.2) is 54.7 Å². The minimum absolute atomic E-state index is 0.0560. The molecule has 4 nitrogen and oxygen atoms in total. The summed E-state index contributed by atoms with van der Waals surface area (Å²) in [6.45, 7) is 0. The Balaban J connectivity index is 2.14. The van der Waals surface area contributed by atoms with E-state index in [0.717, 1.165) is 0 Å². The molecule has 0 fully saturated rings. The van der Waals surface area contributed by atoms with Crippen molar-refractivity contribution in [3.8, 4) is 23.1 Å². The van der Waals surface area contributed by atoms with Crippen molar-refractivity contribution in [3.63, 3.8) is 0 Å². The fourth-order valence-electron chi connectivity index (χ4n) is 1.94. The van der Waals surface area contributed by atoms with Gasteiger partial charge in [-0.2, -0.15) is 18.2 Å². The molecular formula is C16H9ClF3N3O. The fraction of sp³-hybridized carbons (Fsp3) is 0.0625. The molecule has 0 bridgehead atoms. The Kier molecular flexibility index (Phi) is 4.35. The van der Waals surface area contributed by atoms with Gasteiger partial charge in [0.25, 0.3) is 0 Å². The smallest absolute Gasteiger partial charge is 0.424 e. The topological polar surface area (TPSA) is 47.9 Å². The molecule has 0 aliphatic heterocycles. The van der Waals surface area contributed by atoms with Crippen molar-refractivity contribution >= 4 is 11.6 Å². The number of hydrogen-bond acceptors (Lipinski definition) is 4. The lowest BCUT2D eigenvalue weighted by Crippen LogP contribution is -2.12. The molecule has 2 heterocycles. The molecule has 0 N–H and O–H groups in total. The summed E-state index contributed by atoms with van der Waals surface area (Å²) in [5.41, 5.74) is -0.946. The second-order valence-electron chi connectivity index (χ2n) is 4.65. The first-order valence-electron chi connectivity index (χ1n) is 6.74. The van der Waals surface area contributed by atoms with Crippen molar-refractivity contribution in [2.45, 2.75) is 6.18 Å². The van der Waals surface area contributed by atoms with Crippen LogP contribution >= 0.6 is 11.6 Å². The number of hydrogen-bond donors (Lipinski definition) is 0. The van der Waals surface area contributed by atoms with E-state index < -0.39 is 22.8 Å². The van der Waals surface area contributed by atoms with Crippen LogP contribution in [0.4, 0.5) is 13.2 Å². The van der Waals surface area contributed by atoms with E-state index in [2.05, 4.69) is 15.0 Å². The highest BCUT2D eigenvalue weighted by atomic mass is 35.5. The lowest BCUT2D eigenvalue weighted by molar-refractivity contribution is -0.139. The second-order valence-corrected chi connectivity index (χ2v) is 5.00. The lowest BCUT2D eigenvalue weighted by Gasteiger charge is -2.14. The molecule has 8 heteroatoms. The largest absolute Gasteiger partial charge is 0.438 e. The number of rotatable bonds is 3. The van der Waals surface area contributed by atoms with Crippen LogP contribution in [-0.4, -0.2) is 15.0 Å². The van der Waals surface area contributed by atoms with Gasteiger partial charge in [0.05, 0.1) is 0 Å². The second kappa shape index (κ2) is 6.45. The summed E-state index contributed by atoms with van der Waals surface area (Å²) in [4.78, 5) is 11.6. The van der Waals surface area contributed by atoms with Gasteiger partial charge in [-0.05, 0) is 24.3 Å². The van der Waals surface area contributed by atoms with Crippen molar-refractivity contribution in [3.05, 3.63) is 65.4 Å². The van der Waals surface area contributed by atoms with Crippen LogP contribution < -0.4 is 4.74 Å². The standard InChI is InChI=1S/C16H9ClF3N3O/c17-13-12(16(18,19)20)15(24-10-6-2-1-3-7-10)23-14(22-13)11-8-4-5-9-21-11/h1-9H. The molecule has 2 aromatic heterocycles. The Hall–Kier alpha value is -2.67. The van der Waals surface area contributed by atoms with E-state index in [1.807, 2.05) is 0 Å². The molecule has 0 aliphatic rings. The first-order chi connectivity index (χ1) is 11.4. The molecule has 0 aliphatic carbocycles. The SMILES string of the molecule is FC(F)(F)c1c(Cl)nc(-c2ccccn2)nc1Oc1ccccc1. The van der Waals surface area contributed by atoms with Crippen LogP contribution in [0.3, 0.4) is 0 Å². The monoisotopic (exact) mass is 351 g/mol. The molecule has 3 rings (SSSR count). The third kappa shape index (κ3) is 3.46. The summed E-state index contributed by atoms with van der Waals surface area (Å²) < 4.78 is 45.2. The quantitative estimate of drug-likeness (QED) is 0.623. The van der Waals surface area contributed by atoms with E-state index in [1.165, 1.54) is 18.3 Å². The average molecular weight is 352 g/mol. The summed E-state index contributed by atoms with van der Waals surface area (Å²) in [5.74, 6) is -0.529. The highest BCUT2D eigenvalue weighted by Crippen LogP contribution is 2.41. The highest BCUT2D eigenvalue weighted by Gasteiger charge is 2.40. The maximum Gasteiger partial charge on any atom is 0.424 e. The van der Waals surface area contributed by atoms with Gasteiger partial charge in [0.15, 0.2) is 11.4 Å². The Bertz CT molecular complexity index is 842. The van der Waals surface area contributed by atoms with Crippen molar-refractivity contribution in [1.29, 1.82) is 0 Å². The molecule has 0 radical (unpaired) electrons. The third-order valence-corrected chi connectivity index (χ3v) is 3.24. The number of aromatic nitrogens is 3. The summed E-state index contributed by atoms with van der Waals surface area (Å²) in [7, 11) is 0. The van der Waals surface area contributed by atoms with Crippen LogP contribution in [0, 0.1) is 0 Å². The van der Waals surface area contributed by atoms with Crippen LogP contribution in [0.2, 0.25) is 5.15 Å². The zero-order valence-corrected chi connectivity index (χ0v) is 12.7. The highest BCUT2D eigenvalue weighted by molar-refractivity contribution is 6.30. The average Bonchev–Trinajstić information content (AvgIpc) is 2.55. The minimum Gasteiger partial charge on any atom is -0.438 e. The normalized spacial score (nSPS) is 11.3. The van der Waals surface area contributed by atoms with Crippen molar-refractivity contribution < 1.29 is 17.9 Å². The van der Waals surface area contributed by atoms with Gasteiger partial charge >= 0.3 is 6.18 Å². The zero-order chi connectivity index (χ0) is 17.2. The Morgan fingerprint density at radius 1 is 0.917 bits per heavy atom. The number of ether oxygens (including phenoxy) is 1. The van der Waals surface area contributed by atoms with E-state index in [1.54, 1.807) is 36.4 Å². The minimum atomic E-state index is -4.76. The van der Waals surface area contributed by atoms with Gasteiger partial charge in [-0.25, -0.2) is 4.98 Å². The van der Waals surface area contributed by atoms with E-state index in [4.69, 9.17) is 16.3 Å². The number of alkyl halides is 3. The molecule has 0 spiro atoms. The van der Waals surface area contributed by atoms with Gasteiger partial charge in [-0.15, -0.1) is 0 Å². The summed E-state index contributed by atoms with van der Waals surface area (Å²) in [5, 5.41) is -0.746. The maximum atomic E-state index is 13.3. The van der Waals surface area contributed by atoms with Crippen molar-refractivity contribution in [2.24, 2.45) is 0 Å². The molecule has 1 aromatic carbocycles. The summed E-state index contributed by atoms with van der Waals surface area (Å²) in [6.07, 6.45) is -3.29. The van der Waals surface area contributed by atoms with Gasteiger partial charge < -0.3 is 4.74 Å². The molecule has 0 saturated carbocycles. The number of nitrogens with zero attached hydrogens (tertiary/aromatic N) is 3. The molecule has 0 atom stereocenters. The third-order valence-electron chi connectivity index (χ3n) is 2.97. The van der Waals surface area contributed by atoms with E-state index in [9.17, 15) is 13.2 Å². The van der Waals surface area contributed by atoms with Gasteiger partial charge in [-0.1, -0.05) is 35.9 Å². The molecule has 0 saturated heterocycles. The lowest BCUT2D eigenvalue weighted by atomic mass is 10.3. The van der Waals surface area contributed by atoms with Crippen LogP contribution in [0.5, 0.6) is 11.6 Å². The van der Waals surface area contributed by atoms with Gasteiger partial charge in [0.1, 0.15) is 16.6 Å². The predicted octanol–water partition coefficient (Wildman–Crippen LogP) is 5.00. The number of halogens is 4.